The molecule has 0 unspecified atom stereocenters. The van der Waals surface area contributed by atoms with Gasteiger partial charge < -0.3 is 5.32 Å². The number of para-hydroxylation sites is 1. The number of nitrogens with one attached hydrogen (secondary N) is 1. The smallest absolute Gasteiger partial charge is 0.283 e. The van der Waals surface area contributed by atoms with Crippen LogP contribution in [0.2, 0.25) is 0 Å². The lowest BCUT2D eigenvalue weighted by Crippen LogP contribution is -2.32. The van der Waals surface area contributed by atoms with E-state index >= 15 is 0 Å². The fourth-order valence-electron chi connectivity index (χ4n) is 2.65. The Morgan fingerprint density at radius 1 is 0.917 bits per heavy atom. The third kappa shape index (κ3) is 2.69. The monoisotopic (exact) mass is 340 g/mol. The SMILES string of the molecule is Cc1ccc(C)c(NC2=C(Cl)C(=O)N(c3ccccc3C)C2=O)c1. The number of imide groups is 1. The van der Waals surface area contributed by atoms with Gasteiger partial charge in [0.25, 0.3) is 11.8 Å². The van der Waals surface area contributed by atoms with Crippen molar-refractivity contribution in [2.75, 3.05) is 10.2 Å². The molecular weight excluding hydrogens is 324 g/mol. The van der Waals surface area contributed by atoms with E-state index in [1.165, 1.54) is 0 Å². The molecule has 0 atom stereocenters. The summed E-state index contributed by atoms with van der Waals surface area (Å²) in [5, 5.41) is 2.94. The molecule has 1 aliphatic heterocycles. The second-order valence-electron chi connectivity index (χ2n) is 5.86. The first-order valence-electron chi connectivity index (χ1n) is 7.58. The second kappa shape index (κ2) is 6.13. The summed E-state index contributed by atoms with van der Waals surface area (Å²) in [6.07, 6.45) is 0. The molecular formula is C19H17ClN2O2. The van der Waals surface area contributed by atoms with Gasteiger partial charge in [-0.3, -0.25) is 9.59 Å². The van der Waals surface area contributed by atoms with Gasteiger partial charge in [0, 0.05) is 5.69 Å². The molecule has 3 rings (SSSR count). The second-order valence-corrected chi connectivity index (χ2v) is 6.24. The number of anilines is 2. The van der Waals surface area contributed by atoms with Crippen molar-refractivity contribution in [3.63, 3.8) is 0 Å². The molecule has 4 nitrogen and oxygen atoms in total. The molecule has 0 bridgehead atoms. The van der Waals surface area contributed by atoms with Crippen molar-refractivity contribution < 1.29 is 9.59 Å². The number of amides is 2. The van der Waals surface area contributed by atoms with E-state index in [1.54, 1.807) is 12.1 Å². The highest BCUT2D eigenvalue weighted by molar-refractivity contribution is 6.53. The zero-order valence-corrected chi connectivity index (χ0v) is 14.4. The predicted molar refractivity (Wildman–Crippen MR) is 96.1 cm³/mol. The van der Waals surface area contributed by atoms with Crippen LogP contribution in [0, 0.1) is 20.8 Å². The molecule has 2 aromatic rings. The first-order chi connectivity index (χ1) is 11.4. The number of aryl methyl sites for hydroxylation is 3. The fraction of sp³-hybridized carbons (Fsp3) is 0.158. The maximum atomic E-state index is 12.8. The molecule has 0 aromatic heterocycles. The number of carbonyl (C=O) groups excluding carboxylic acids is 2. The predicted octanol–water partition coefficient (Wildman–Crippen LogP) is 4.05. The third-order valence-electron chi connectivity index (χ3n) is 4.04. The van der Waals surface area contributed by atoms with Crippen molar-refractivity contribution in [3.05, 3.63) is 69.9 Å². The Balaban J connectivity index is 1.98. The van der Waals surface area contributed by atoms with E-state index in [1.807, 2.05) is 51.1 Å². The van der Waals surface area contributed by atoms with Crippen LogP contribution in [-0.4, -0.2) is 11.8 Å². The molecule has 122 valence electrons. The molecule has 5 heteroatoms. The highest BCUT2D eigenvalue weighted by Crippen LogP contribution is 2.32. The van der Waals surface area contributed by atoms with E-state index in [0.717, 1.165) is 27.3 Å². The lowest BCUT2D eigenvalue weighted by Gasteiger charge is -2.17. The van der Waals surface area contributed by atoms with Gasteiger partial charge in [-0.25, -0.2) is 4.90 Å². The van der Waals surface area contributed by atoms with Gasteiger partial charge in [-0.1, -0.05) is 41.9 Å². The molecule has 24 heavy (non-hydrogen) atoms. The van der Waals surface area contributed by atoms with E-state index in [0.29, 0.717) is 5.69 Å². The summed E-state index contributed by atoms with van der Waals surface area (Å²) >= 11 is 6.17. The molecule has 1 heterocycles. The van der Waals surface area contributed by atoms with Crippen LogP contribution in [0.25, 0.3) is 0 Å². The van der Waals surface area contributed by atoms with Crippen LogP contribution in [0.15, 0.2) is 53.2 Å². The summed E-state index contributed by atoms with van der Waals surface area (Å²) in [6.45, 7) is 5.73. The van der Waals surface area contributed by atoms with Gasteiger partial charge in [0.2, 0.25) is 0 Å². The maximum absolute atomic E-state index is 12.8. The van der Waals surface area contributed by atoms with Gasteiger partial charge in [0.15, 0.2) is 0 Å². The number of hydrogen-bond acceptors (Lipinski definition) is 3. The molecule has 2 amide bonds. The van der Waals surface area contributed by atoms with E-state index < -0.39 is 11.8 Å². The molecule has 0 saturated carbocycles. The van der Waals surface area contributed by atoms with Crippen LogP contribution in [-0.2, 0) is 9.59 Å². The maximum Gasteiger partial charge on any atom is 0.283 e. The summed E-state index contributed by atoms with van der Waals surface area (Å²) in [5.41, 5.74) is 4.26. The minimum absolute atomic E-state index is 0.0934. The first kappa shape index (κ1) is 16.3. The Labute approximate surface area is 145 Å². The Hall–Kier alpha value is -2.59. The van der Waals surface area contributed by atoms with E-state index in [4.69, 9.17) is 11.6 Å². The highest BCUT2D eigenvalue weighted by atomic mass is 35.5. The highest BCUT2D eigenvalue weighted by Gasteiger charge is 2.39. The lowest BCUT2D eigenvalue weighted by atomic mass is 10.1. The molecule has 1 aliphatic rings. The molecule has 0 spiro atoms. The van der Waals surface area contributed by atoms with Crippen LogP contribution in [0.4, 0.5) is 11.4 Å². The summed E-state index contributed by atoms with van der Waals surface area (Å²) in [5.74, 6) is -0.955. The van der Waals surface area contributed by atoms with Crippen LogP contribution < -0.4 is 10.2 Å². The standard InChI is InChI=1S/C19H17ClN2O2/c1-11-8-9-12(2)14(10-11)21-17-16(20)18(23)22(19(17)24)15-7-5-4-6-13(15)3/h4-10,21H,1-3H3. The number of carbonyl (C=O) groups is 2. The van der Waals surface area contributed by atoms with E-state index in [9.17, 15) is 9.59 Å². The Kier molecular flexibility index (Phi) is 4.16. The van der Waals surface area contributed by atoms with Gasteiger partial charge in [0.05, 0.1) is 5.69 Å². The van der Waals surface area contributed by atoms with E-state index in [-0.39, 0.29) is 10.7 Å². The minimum atomic E-state index is -0.510. The summed E-state index contributed by atoms with van der Waals surface area (Å²) in [7, 11) is 0. The lowest BCUT2D eigenvalue weighted by molar-refractivity contribution is -0.120. The quantitative estimate of drug-likeness (QED) is 0.858. The average Bonchev–Trinajstić information content (AvgIpc) is 2.75. The van der Waals surface area contributed by atoms with Crippen LogP contribution in [0.1, 0.15) is 16.7 Å². The Morgan fingerprint density at radius 3 is 2.33 bits per heavy atom. The largest absolute Gasteiger partial charge is 0.349 e. The van der Waals surface area contributed by atoms with Crippen molar-refractivity contribution >= 4 is 34.8 Å². The normalized spacial score (nSPS) is 14.6. The zero-order valence-electron chi connectivity index (χ0n) is 13.7. The van der Waals surface area contributed by atoms with Crippen molar-refractivity contribution in [1.29, 1.82) is 0 Å². The van der Waals surface area contributed by atoms with Crippen LogP contribution >= 0.6 is 11.6 Å². The van der Waals surface area contributed by atoms with Crippen LogP contribution in [0.3, 0.4) is 0 Å². The summed E-state index contributed by atoms with van der Waals surface area (Å²) in [4.78, 5) is 26.4. The number of benzene rings is 2. The van der Waals surface area contributed by atoms with Gasteiger partial charge in [0.1, 0.15) is 10.7 Å². The topological polar surface area (TPSA) is 49.4 Å². The fourth-order valence-corrected chi connectivity index (χ4v) is 2.86. The summed E-state index contributed by atoms with van der Waals surface area (Å²) in [6, 6.07) is 13.1. The molecule has 2 aromatic carbocycles. The zero-order chi connectivity index (χ0) is 17.4. The number of halogens is 1. The van der Waals surface area contributed by atoms with Gasteiger partial charge in [-0.15, -0.1) is 0 Å². The molecule has 0 saturated heterocycles. The van der Waals surface area contributed by atoms with Crippen molar-refractivity contribution in [2.24, 2.45) is 0 Å². The van der Waals surface area contributed by atoms with Gasteiger partial charge in [-0.05, 0) is 49.6 Å². The molecule has 0 radical (unpaired) electrons. The Morgan fingerprint density at radius 2 is 1.62 bits per heavy atom. The van der Waals surface area contributed by atoms with Gasteiger partial charge in [-0.2, -0.15) is 0 Å². The van der Waals surface area contributed by atoms with Gasteiger partial charge >= 0.3 is 0 Å². The molecule has 1 N–H and O–H groups in total. The average molecular weight is 341 g/mol. The molecule has 0 fully saturated rings. The number of nitrogens with zero attached hydrogens (tertiary/aromatic N) is 1. The third-order valence-corrected chi connectivity index (χ3v) is 4.39. The van der Waals surface area contributed by atoms with Crippen molar-refractivity contribution in [3.8, 4) is 0 Å². The molecule has 0 aliphatic carbocycles. The summed E-state index contributed by atoms with van der Waals surface area (Å²) < 4.78 is 0. The Bertz CT molecular complexity index is 887. The number of hydrogen-bond donors (Lipinski definition) is 1. The van der Waals surface area contributed by atoms with Crippen LogP contribution in [0.5, 0.6) is 0 Å². The van der Waals surface area contributed by atoms with E-state index in [2.05, 4.69) is 5.32 Å². The van der Waals surface area contributed by atoms with Crippen molar-refractivity contribution in [2.45, 2.75) is 20.8 Å². The minimum Gasteiger partial charge on any atom is -0.349 e. The number of rotatable bonds is 3. The van der Waals surface area contributed by atoms with Crippen molar-refractivity contribution in [1.82, 2.24) is 0 Å². The first-order valence-corrected chi connectivity index (χ1v) is 7.96.